The molecule has 0 atom stereocenters. The van der Waals surface area contributed by atoms with Gasteiger partial charge in [0.15, 0.2) is 6.61 Å². The quantitative estimate of drug-likeness (QED) is 0.844. The van der Waals surface area contributed by atoms with E-state index in [1.807, 2.05) is 0 Å². The van der Waals surface area contributed by atoms with E-state index >= 15 is 0 Å². The number of para-hydroxylation sites is 2. The fraction of sp³-hybridized carbons (Fsp3) is 0.0667. The Labute approximate surface area is 120 Å². The second-order valence-corrected chi connectivity index (χ2v) is 4.15. The van der Waals surface area contributed by atoms with Gasteiger partial charge in [0.1, 0.15) is 23.2 Å². The number of nitrogen functional groups attached to an aromatic ring is 1. The van der Waals surface area contributed by atoms with Gasteiger partial charge in [-0.15, -0.1) is 0 Å². The SMILES string of the molecule is N#Cc1c(F)cccc1OCC(=O)Nc1ccccc1N. The zero-order chi connectivity index (χ0) is 15.2. The van der Waals surface area contributed by atoms with Crippen molar-refractivity contribution in [1.29, 1.82) is 5.26 Å². The number of carbonyl (C=O) groups excluding carboxylic acids is 1. The number of amides is 1. The van der Waals surface area contributed by atoms with Gasteiger partial charge >= 0.3 is 0 Å². The molecule has 0 spiro atoms. The van der Waals surface area contributed by atoms with Gasteiger partial charge in [-0.3, -0.25) is 4.79 Å². The lowest BCUT2D eigenvalue weighted by atomic mass is 10.2. The van der Waals surface area contributed by atoms with Gasteiger partial charge in [0.25, 0.3) is 5.91 Å². The van der Waals surface area contributed by atoms with Crippen molar-refractivity contribution in [3.63, 3.8) is 0 Å². The van der Waals surface area contributed by atoms with Crippen molar-refractivity contribution >= 4 is 17.3 Å². The number of nitrogens with one attached hydrogen (secondary N) is 1. The first-order valence-electron chi connectivity index (χ1n) is 6.07. The van der Waals surface area contributed by atoms with E-state index in [9.17, 15) is 9.18 Å². The number of rotatable bonds is 4. The molecule has 106 valence electrons. The first-order valence-corrected chi connectivity index (χ1v) is 6.07. The second-order valence-electron chi connectivity index (χ2n) is 4.15. The zero-order valence-electron chi connectivity index (χ0n) is 11.0. The lowest BCUT2D eigenvalue weighted by molar-refractivity contribution is -0.118. The molecule has 0 saturated carbocycles. The highest BCUT2D eigenvalue weighted by Gasteiger charge is 2.11. The van der Waals surface area contributed by atoms with Gasteiger partial charge in [0.2, 0.25) is 0 Å². The highest BCUT2D eigenvalue weighted by atomic mass is 19.1. The van der Waals surface area contributed by atoms with Crippen LogP contribution in [0.25, 0.3) is 0 Å². The van der Waals surface area contributed by atoms with Crippen molar-refractivity contribution in [2.24, 2.45) is 0 Å². The summed E-state index contributed by atoms with van der Waals surface area (Å²) >= 11 is 0. The molecule has 3 N–H and O–H groups in total. The number of nitrogens with two attached hydrogens (primary N) is 1. The summed E-state index contributed by atoms with van der Waals surface area (Å²) in [6, 6.07) is 12.4. The van der Waals surface area contributed by atoms with Gasteiger partial charge in [0.05, 0.1) is 11.4 Å². The van der Waals surface area contributed by atoms with Crippen LogP contribution < -0.4 is 15.8 Å². The molecule has 0 radical (unpaired) electrons. The topological polar surface area (TPSA) is 88.1 Å². The lowest BCUT2D eigenvalue weighted by Crippen LogP contribution is -2.21. The van der Waals surface area contributed by atoms with E-state index in [0.717, 1.165) is 6.07 Å². The maximum Gasteiger partial charge on any atom is 0.262 e. The molecule has 2 aromatic carbocycles. The standard InChI is InChI=1S/C15H12FN3O2/c16-11-4-3-7-14(10(11)8-17)21-9-15(20)19-13-6-2-1-5-12(13)18/h1-7H,9,18H2,(H,19,20). The minimum absolute atomic E-state index is 0.0219. The Kier molecular flexibility index (Phi) is 4.36. The van der Waals surface area contributed by atoms with Crippen molar-refractivity contribution in [2.75, 3.05) is 17.7 Å². The number of ether oxygens (including phenoxy) is 1. The highest BCUT2D eigenvalue weighted by Crippen LogP contribution is 2.20. The van der Waals surface area contributed by atoms with Crippen LogP contribution in [0.5, 0.6) is 5.75 Å². The average molecular weight is 285 g/mol. The molecule has 0 aliphatic heterocycles. The third-order valence-corrected chi connectivity index (χ3v) is 2.68. The van der Waals surface area contributed by atoms with Crippen molar-refractivity contribution in [3.8, 4) is 11.8 Å². The summed E-state index contributed by atoms with van der Waals surface area (Å²) in [4.78, 5) is 11.8. The third kappa shape index (κ3) is 3.48. The van der Waals surface area contributed by atoms with Crippen LogP contribution in [0.15, 0.2) is 42.5 Å². The molecule has 0 fully saturated rings. The molecule has 0 aliphatic carbocycles. The van der Waals surface area contributed by atoms with Gasteiger partial charge < -0.3 is 15.8 Å². The van der Waals surface area contributed by atoms with Gasteiger partial charge in [-0.05, 0) is 24.3 Å². The minimum atomic E-state index is -0.692. The first-order chi connectivity index (χ1) is 10.1. The normalized spacial score (nSPS) is 9.71. The summed E-state index contributed by atoms with van der Waals surface area (Å²) in [5, 5.41) is 11.4. The molecule has 21 heavy (non-hydrogen) atoms. The smallest absolute Gasteiger partial charge is 0.262 e. The van der Waals surface area contributed by atoms with Crippen LogP contribution in [0.2, 0.25) is 0 Å². The van der Waals surface area contributed by atoms with Gasteiger partial charge in [0, 0.05) is 0 Å². The van der Waals surface area contributed by atoms with Crippen molar-refractivity contribution in [1.82, 2.24) is 0 Å². The van der Waals surface area contributed by atoms with E-state index in [2.05, 4.69) is 5.32 Å². The number of benzene rings is 2. The molecule has 0 heterocycles. The van der Waals surface area contributed by atoms with Gasteiger partial charge in [-0.1, -0.05) is 18.2 Å². The van der Waals surface area contributed by atoms with Crippen LogP contribution in [0.1, 0.15) is 5.56 Å². The predicted molar refractivity (Wildman–Crippen MR) is 76.1 cm³/mol. The second kappa shape index (κ2) is 6.39. The fourth-order valence-corrected chi connectivity index (χ4v) is 1.67. The Morgan fingerprint density at radius 1 is 1.29 bits per heavy atom. The Hall–Kier alpha value is -3.07. The first kappa shape index (κ1) is 14.3. The van der Waals surface area contributed by atoms with Crippen LogP contribution >= 0.6 is 0 Å². The van der Waals surface area contributed by atoms with Crippen LogP contribution in [-0.4, -0.2) is 12.5 Å². The molecular formula is C15H12FN3O2. The molecular weight excluding hydrogens is 273 g/mol. The van der Waals surface area contributed by atoms with E-state index in [0.29, 0.717) is 11.4 Å². The molecule has 2 aromatic rings. The summed E-state index contributed by atoms with van der Waals surface area (Å²) < 4.78 is 18.5. The molecule has 0 saturated heterocycles. The summed E-state index contributed by atoms with van der Waals surface area (Å²) in [5.74, 6) is -1.13. The molecule has 5 nitrogen and oxygen atoms in total. The predicted octanol–water partition coefficient (Wildman–Crippen LogP) is 2.30. The van der Waals surface area contributed by atoms with Gasteiger partial charge in [-0.2, -0.15) is 5.26 Å². The number of carbonyl (C=O) groups is 1. The zero-order valence-corrected chi connectivity index (χ0v) is 11.0. The largest absolute Gasteiger partial charge is 0.482 e. The van der Waals surface area contributed by atoms with Crippen molar-refractivity contribution in [2.45, 2.75) is 0 Å². The van der Waals surface area contributed by atoms with E-state index in [-0.39, 0.29) is 17.9 Å². The Morgan fingerprint density at radius 3 is 2.76 bits per heavy atom. The summed E-state index contributed by atoms with van der Waals surface area (Å²) in [6.45, 7) is -0.355. The van der Waals surface area contributed by atoms with E-state index in [1.165, 1.54) is 12.1 Å². The molecule has 1 amide bonds. The number of hydrogen-bond donors (Lipinski definition) is 2. The Morgan fingerprint density at radius 2 is 2.05 bits per heavy atom. The lowest BCUT2D eigenvalue weighted by Gasteiger charge is -2.10. The Bertz CT molecular complexity index is 710. The average Bonchev–Trinajstić information content (AvgIpc) is 2.47. The summed E-state index contributed by atoms with van der Waals surface area (Å²) in [7, 11) is 0. The Balaban J connectivity index is 2.01. The van der Waals surface area contributed by atoms with Crippen LogP contribution in [0.3, 0.4) is 0 Å². The maximum atomic E-state index is 13.4. The van der Waals surface area contributed by atoms with Crippen LogP contribution in [0, 0.1) is 17.1 Å². The molecule has 0 bridgehead atoms. The molecule has 2 rings (SSSR count). The fourth-order valence-electron chi connectivity index (χ4n) is 1.67. The summed E-state index contributed by atoms with van der Waals surface area (Å²) in [6.07, 6.45) is 0. The monoisotopic (exact) mass is 285 g/mol. The number of anilines is 2. The minimum Gasteiger partial charge on any atom is -0.482 e. The van der Waals surface area contributed by atoms with Crippen molar-refractivity contribution in [3.05, 3.63) is 53.8 Å². The molecule has 0 aromatic heterocycles. The molecule has 6 heteroatoms. The number of halogens is 1. The third-order valence-electron chi connectivity index (χ3n) is 2.68. The number of nitriles is 1. The number of hydrogen-bond acceptors (Lipinski definition) is 4. The van der Waals surface area contributed by atoms with E-state index < -0.39 is 11.7 Å². The van der Waals surface area contributed by atoms with Crippen LogP contribution in [-0.2, 0) is 4.79 Å². The maximum absolute atomic E-state index is 13.4. The van der Waals surface area contributed by atoms with Gasteiger partial charge in [-0.25, -0.2) is 4.39 Å². The van der Waals surface area contributed by atoms with Crippen molar-refractivity contribution < 1.29 is 13.9 Å². The highest BCUT2D eigenvalue weighted by molar-refractivity contribution is 5.94. The molecule has 0 aliphatic rings. The molecule has 0 unspecified atom stereocenters. The van der Waals surface area contributed by atoms with E-state index in [4.69, 9.17) is 15.7 Å². The van der Waals surface area contributed by atoms with E-state index in [1.54, 1.807) is 30.3 Å². The summed E-state index contributed by atoms with van der Waals surface area (Å²) in [5.41, 5.74) is 6.35. The number of nitrogens with zero attached hydrogens (tertiary/aromatic N) is 1. The van der Waals surface area contributed by atoms with Crippen LogP contribution in [0.4, 0.5) is 15.8 Å².